The van der Waals surface area contributed by atoms with E-state index in [-0.39, 0.29) is 0 Å². The zero-order valence-electron chi connectivity index (χ0n) is 15.2. The molecule has 1 N–H and O–H groups in total. The highest BCUT2D eigenvalue weighted by molar-refractivity contribution is 7.25. The number of nitrogens with zero attached hydrogens (tertiary/aromatic N) is 2. The van der Waals surface area contributed by atoms with Crippen molar-refractivity contribution < 1.29 is 9.68 Å². The fourth-order valence-corrected chi connectivity index (χ4v) is 5.13. The zero-order valence-corrected chi connectivity index (χ0v) is 16.1. The van der Waals surface area contributed by atoms with Gasteiger partial charge >= 0.3 is 7.69 Å². The topological polar surface area (TPSA) is 47.3 Å². The van der Waals surface area contributed by atoms with Crippen molar-refractivity contribution in [1.29, 1.82) is 0 Å². The van der Waals surface area contributed by atoms with E-state index in [1.54, 1.807) is 11.3 Å². The summed E-state index contributed by atoms with van der Waals surface area (Å²) in [4.78, 5) is 4.61. The monoisotopic (exact) mass is 393 g/mol. The molecule has 0 fully saturated rings. The fourth-order valence-electron chi connectivity index (χ4n) is 4.09. The third kappa shape index (κ3) is 2.46. The lowest BCUT2D eigenvalue weighted by molar-refractivity contribution is 0.454. The van der Waals surface area contributed by atoms with Crippen LogP contribution in [0, 0.1) is 0 Å². The molecule has 4 nitrogen and oxygen atoms in total. The number of fused-ring (bicyclic) bond motifs is 6. The van der Waals surface area contributed by atoms with Crippen LogP contribution in [0.4, 0.5) is 0 Å². The van der Waals surface area contributed by atoms with E-state index < -0.39 is 0 Å². The van der Waals surface area contributed by atoms with Gasteiger partial charge < -0.3 is 14.2 Å². The number of aromatic nitrogens is 2. The molecule has 3 aromatic heterocycles. The quantitative estimate of drug-likeness (QED) is 0.407. The van der Waals surface area contributed by atoms with Crippen molar-refractivity contribution in [3.63, 3.8) is 0 Å². The van der Waals surface area contributed by atoms with E-state index in [2.05, 4.69) is 52.0 Å². The van der Waals surface area contributed by atoms with Gasteiger partial charge in [-0.1, -0.05) is 18.2 Å². The van der Waals surface area contributed by atoms with Crippen LogP contribution >= 0.6 is 11.3 Å². The van der Waals surface area contributed by atoms with E-state index in [1.165, 1.54) is 14.8 Å². The van der Waals surface area contributed by atoms with Crippen LogP contribution in [0.3, 0.4) is 0 Å². The second-order valence-corrected chi connectivity index (χ2v) is 7.97. The Morgan fingerprint density at radius 1 is 0.828 bits per heavy atom. The Hall–Kier alpha value is -3.35. The molecule has 1 radical (unpaired) electrons. The second-order valence-electron chi connectivity index (χ2n) is 6.89. The van der Waals surface area contributed by atoms with Crippen LogP contribution in [-0.4, -0.2) is 22.3 Å². The van der Waals surface area contributed by atoms with E-state index in [1.807, 2.05) is 36.5 Å². The number of thiophene rings is 1. The Bertz CT molecular complexity index is 1540. The molecule has 0 aliphatic heterocycles. The number of benzene rings is 3. The van der Waals surface area contributed by atoms with Gasteiger partial charge in [0.15, 0.2) is 0 Å². The minimum Gasteiger partial charge on any atom is -0.537 e. The molecule has 0 saturated heterocycles. The van der Waals surface area contributed by atoms with Crippen LogP contribution in [0.1, 0.15) is 0 Å². The SMILES string of the molecule is O[B]Oc1ccc2c(c1)c1ccccc1n2-c1ccc2sc3cccnc3c2c1. The summed E-state index contributed by atoms with van der Waals surface area (Å²) in [6.45, 7) is 0. The molecule has 6 rings (SSSR count). The van der Waals surface area contributed by atoms with Gasteiger partial charge in [-0.25, -0.2) is 0 Å². The highest BCUT2D eigenvalue weighted by Crippen LogP contribution is 2.37. The van der Waals surface area contributed by atoms with Gasteiger partial charge in [-0.05, 0) is 54.6 Å². The molecule has 0 aliphatic carbocycles. The van der Waals surface area contributed by atoms with Crippen LogP contribution in [-0.2, 0) is 0 Å². The summed E-state index contributed by atoms with van der Waals surface area (Å²) in [5, 5.41) is 12.4. The maximum absolute atomic E-state index is 9.00. The first-order valence-electron chi connectivity index (χ1n) is 9.27. The lowest BCUT2D eigenvalue weighted by Gasteiger charge is -2.08. The Labute approximate surface area is 170 Å². The predicted octanol–water partition coefficient (Wildman–Crippen LogP) is 5.45. The van der Waals surface area contributed by atoms with E-state index in [4.69, 9.17) is 9.68 Å². The molecule has 0 unspecified atom stereocenters. The Kier molecular flexibility index (Phi) is 3.63. The molecule has 6 heteroatoms. The molecule has 0 aliphatic rings. The summed E-state index contributed by atoms with van der Waals surface area (Å²) < 4.78 is 9.89. The molecule has 0 saturated carbocycles. The largest absolute Gasteiger partial charge is 0.569 e. The van der Waals surface area contributed by atoms with Crippen molar-refractivity contribution in [2.24, 2.45) is 0 Å². The number of hydrogen-bond acceptors (Lipinski definition) is 4. The van der Waals surface area contributed by atoms with Crippen LogP contribution in [0.25, 0.3) is 47.8 Å². The van der Waals surface area contributed by atoms with Crippen molar-refractivity contribution in [3.05, 3.63) is 79.0 Å². The van der Waals surface area contributed by atoms with Gasteiger partial charge in [0.25, 0.3) is 0 Å². The minimum absolute atomic E-state index is 0.603. The first-order chi connectivity index (χ1) is 14.3. The maximum atomic E-state index is 9.00. The first-order valence-corrected chi connectivity index (χ1v) is 10.1. The van der Waals surface area contributed by atoms with Crippen molar-refractivity contribution in [3.8, 4) is 11.4 Å². The van der Waals surface area contributed by atoms with Gasteiger partial charge in [0, 0.05) is 32.7 Å². The summed E-state index contributed by atoms with van der Waals surface area (Å²) in [5.41, 5.74) is 4.35. The summed E-state index contributed by atoms with van der Waals surface area (Å²) >= 11 is 1.77. The van der Waals surface area contributed by atoms with E-state index in [0.717, 1.165) is 33.0 Å². The minimum atomic E-state index is 0.603. The third-order valence-electron chi connectivity index (χ3n) is 5.30. The van der Waals surface area contributed by atoms with Crippen molar-refractivity contribution in [2.45, 2.75) is 0 Å². The van der Waals surface area contributed by atoms with Gasteiger partial charge in [0.05, 0.1) is 21.3 Å². The Morgan fingerprint density at radius 3 is 2.66 bits per heavy atom. The Morgan fingerprint density at radius 2 is 1.72 bits per heavy atom. The highest BCUT2D eigenvalue weighted by atomic mass is 32.1. The molecule has 29 heavy (non-hydrogen) atoms. The zero-order chi connectivity index (χ0) is 19.4. The van der Waals surface area contributed by atoms with Crippen molar-refractivity contribution in [2.75, 3.05) is 0 Å². The molecular weight excluding hydrogens is 379 g/mol. The Balaban J connectivity index is 1.68. The first kappa shape index (κ1) is 16.6. The molecule has 0 bridgehead atoms. The number of pyridine rings is 1. The van der Waals surface area contributed by atoms with Crippen LogP contribution < -0.4 is 4.65 Å². The standard InChI is InChI=1S/C23H14BN2O2S/c27-24-28-15-8-9-20-17(13-15)16-4-1-2-5-19(16)26(20)14-7-10-21-18(12-14)23-22(29-21)6-3-11-25-23/h1-13,27H. The lowest BCUT2D eigenvalue weighted by atomic mass is 10.1. The normalized spacial score (nSPS) is 11.6. The summed E-state index contributed by atoms with van der Waals surface area (Å²) in [6.07, 6.45) is 1.85. The number of rotatable bonds is 3. The van der Waals surface area contributed by atoms with Crippen molar-refractivity contribution >= 4 is 61.1 Å². The fraction of sp³-hybridized carbons (Fsp3) is 0. The molecule has 0 amide bonds. The van der Waals surface area contributed by atoms with Gasteiger partial charge in [-0.2, -0.15) is 0 Å². The van der Waals surface area contributed by atoms with Gasteiger partial charge in [-0.3, -0.25) is 4.98 Å². The van der Waals surface area contributed by atoms with E-state index >= 15 is 0 Å². The second kappa shape index (κ2) is 6.34. The molecule has 6 aromatic rings. The lowest BCUT2D eigenvalue weighted by Crippen LogP contribution is -1.99. The van der Waals surface area contributed by atoms with Gasteiger partial charge in [0.2, 0.25) is 0 Å². The van der Waals surface area contributed by atoms with E-state index in [9.17, 15) is 0 Å². The number of hydrogen-bond donors (Lipinski definition) is 1. The summed E-state index contributed by atoms with van der Waals surface area (Å²) in [6, 6.07) is 24.8. The average Bonchev–Trinajstić information content (AvgIpc) is 3.29. The third-order valence-corrected chi connectivity index (χ3v) is 6.43. The summed E-state index contributed by atoms with van der Waals surface area (Å²) in [5.74, 6) is 0.603. The predicted molar refractivity (Wildman–Crippen MR) is 120 cm³/mol. The van der Waals surface area contributed by atoms with Gasteiger partial charge in [-0.15, -0.1) is 11.3 Å². The molecular formula is C23H14BN2O2S. The van der Waals surface area contributed by atoms with Crippen molar-refractivity contribution in [1.82, 2.24) is 9.55 Å². The highest BCUT2D eigenvalue weighted by Gasteiger charge is 2.14. The van der Waals surface area contributed by atoms with Gasteiger partial charge in [0.1, 0.15) is 5.75 Å². The van der Waals surface area contributed by atoms with Crippen LogP contribution in [0.5, 0.6) is 5.75 Å². The molecule has 3 aromatic carbocycles. The molecule has 3 heterocycles. The molecule has 0 spiro atoms. The molecule has 0 atom stereocenters. The summed E-state index contributed by atoms with van der Waals surface area (Å²) in [7, 11) is 0.711. The molecule has 137 valence electrons. The van der Waals surface area contributed by atoms with Crippen LogP contribution in [0.2, 0.25) is 0 Å². The van der Waals surface area contributed by atoms with E-state index in [0.29, 0.717) is 13.4 Å². The maximum Gasteiger partial charge on any atom is 0.569 e. The van der Waals surface area contributed by atoms with Crippen LogP contribution in [0.15, 0.2) is 79.0 Å². The number of para-hydroxylation sites is 1. The average molecular weight is 393 g/mol. The smallest absolute Gasteiger partial charge is 0.537 e.